The van der Waals surface area contributed by atoms with E-state index in [4.69, 9.17) is 10.2 Å². The fourth-order valence-electron chi connectivity index (χ4n) is 0.966. The average molecular weight is 211 g/mol. The standard InChI is InChI=1S/C9H9NO5/c11-6-3-1-2-5(8(6)14)9(15)10-4-7(12)13/h1-3,11,14H,4H2,(H,10,15)(H,12,13). The maximum atomic E-state index is 11.3. The minimum atomic E-state index is -1.19. The zero-order valence-corrected chi connectivity index (χ0v) is 7.60. The van der Waals surface area contributed by atoms with Crippen molar-refractivity contribution in [1.82, 2.24) is 5.32 Å². The van der Waals surface area contributed by atoms with Crippen LogP contribution >= 0.6 is 0 Å². The Labute approximate surface area is 84.8 Å². The number of para-hydroxylation sites is 1. The van der Waals surface area contributed by atoms with E-state index in [-0.39, 0.29) is 5.56 Å². The van der Waals surface area contributed by atoms with Crippen molar-refractivity contribution in [3.63, 3.8) is 0 Å². The number of benzene rings is 1. The smallest absolute Gasteiger partial charge is 0.322 e. The first kappa shape index (κ1) is 10.8. The summed E-state index contributed by atoms with van der Waals surface area (Å²) in [6, 6.07) is 3.85. The van der Waals surface area contributed by atoms with Gasteiger partial charge in [0.2, 0.25) is 0 Å². The van der Waals surface area contributed by atoms with Gasteiger partial charge < -0.3 is 20.6 Å². The summed E-state index contributed by atoms with van der Waals surface area (Å²) in [6.45, 7) is -0.548. The monoisotopic (exact) mass is 211 g/mol. The normalized spacial score (nSPS) is 9.60. The number of phenols is 2. The Balaban J connectivity index is 2.82. The number of hydrogen-bond acceptors (Lipinski definition) is 4. The molecular formula is C9H9NO5. The van der Waals surface area contributed by atoms with Gasteiger partial charge >= 0.3 is 5.97 Å². The van der Waals surface area contributed by atoms with E-state index < -0.39 is 29.9 Å². The molecule has 0 bridgehead atoms. The molecule has 0 fully saturated rings. The van der Waals surface area contributed by atoms with E-state index in [1.165, 1.54) is 18.2 Å². The minimum Gasteiger partial charge on any atom is -0.504 e. The Kier molecular flexibility index (Phi) is 3.12. The average Bonchev–Trinajstić information content (AvgIpc) is 2.18. The van der Waals surface area contributed by atoms with Crippen molar-refractivity contribution < 1.29 is 24.9 Å². The second-order valence-corrected chi connectivity index (χ2v) is 2.75. The molecule has 0 aromatic heterocycles. The highest BCUT2D eigenvalue weighted by Gasteiger charge is 2.13. The molecule has 1 rings (SSSR count). The largest absolute Gasteiger partial charge is 0.504 e. The number of hydrogen-bond donors (Lipinski definition) is 4. The van der Waals surface area contributed by atoms with E-state index in [2.05, 4.69) is 5.32 Å². The fourth-order valence-corrected chi connectivity index (χ4v) is 0.966. The molecule has 0 spiro atoms. The summed E-state index contributed by atoms with van der Waals surface area (Å²) in [7, 11) is 0. The van der Waals surface area contributed by atoms with E-state index in [1.807, 2.05) is 0 Å². The van der Waals surface area contributed by atoms with E-state index in [9.17, 15) is 14.7 Å². The molecule has 1 aromatic rings. The Bertz CT molecular complexity index is 401. The highest BCUT2D eigenvalue weighted by atomic mass is 16.4. The van der Waals surface area contributed by atoms with Crippen LogP contribution in [-0.4, -0.2) is 33.7 Å². The van der Waals surface area contributed by atoms with Crippen molar-refractivity contribution >= 4 is 11.9 Å². The number of carboxylic acid groups (broad SMARTS) is 1. The quantitative estimate of drug-likeness (QED) is 0.523. The van der Waals surface area contributed by atoms with Crippen LogP contribution in [0.2, 0.25) is 0 Å². The highest BCUT2D eigenvalue weighted by molar-refractivity contribution is 5.98. The third-order valence-electron chi connectivity index (χ3n) is 1.66. The summed E-state index contributed by atoms with van der Waals surface area (Å²) in [5.41, 5.74) is -0.170. The molecule has 0 unspecified atom stereocenters. The molecule has 80 valence electrons. The molecule has 0 saturated carbocycles. The van der Waals surface area contributed by atoms with Crippen LogP contribution in [0, 0.1) is 0 Å². The Morgan fingerprint density at radius 3 is 2.53 bits per heavy atom. The second-order valence-electron chi connectivity index (χ2n) is 2.75. The lowest BCUT2D eigenvalue weighted by Crippen LogP contribution is -2.29. The van der Waals surface area contributed by atoms with Crippen LogP contribution in [0.25, 0.3) is 0 Å². The molecule has 0 aliphatic heterocycles. The molecule has 0 aliphatic rings. The molecule has 0 radical (unpaired) electrons. The van der Waals surface area contributed by atoms with E-state index >= 15 is 0 Å². The molecule has 6 nitrogen and oxygen atoms in total. The summed E-state index contributed by atoms with van der Waals surface area (Å²) in [6.07, 6.45) is 0. The number of carboxylic acids is 1. The van der Waals surface area contributed by atoms with E-state index in [1.54, 1.807) is 0 Å². The van der Waals surface area contributed by atoms with Gasteiger partial charge in [-0.2, -0.15) is 0 Å². The van der Waals surface area contributed by atoms with Gasteiger partial charge in [0.25, 0.3) is 5.91 Å². The lowest BCUT2D eigenvalue weighted by Gasteiger charge is -2.05. The van der Waals surface area contributed by atoms with Crippen LogP contribution in [0.4, 0.5) is 0 Å². The lowest BCUT2D eigenvalue weighted by molar-refractivity contribution is -0.135. The number of carbonyl (C=O) groups is 2. The molecule has 15 heavy (non-hydrogen) atoms. The van der Waals surface area contributed by atoms with Crippen LogP contribution in [-0.2, 0) is 4.79 Å². The maximum absolute atomic E-state index is 11.3. The Hall–Kier alpha value is -2.24. The zero-order chi connectivity index (χ0) is 11.4. The Morgan fingerprint density at radius 2 is 1.93 bits per heavy atom. The lowest BCUT2D eigenvalue weighted by atomic mass is 10.1. The van der Waals surface area contributed by atoms with Crippen molar-refractivity contribution in [2.45, 2.75) is 0 Å². The summed E-state index contributed by atoms with van der Waals surface area (Å²) < 4.78 is 0. The number of aromatic hydroxyl groups is 2. The molecule has 0 heterocycles. The molecule has 4 N–H and O–H groups in total. The first-order valence-electron chi connectivity index (χ1n) is 4.03. The van der Waals surface area contributed by atoms with Gasteiger partial charge in [0.1, 0.15) is 6.54 Å². The van der Waals surface area contributed by atoms with Crippen LogP contribution in [0.5, 0.6) is 11.5 Å². The summed E-state index contributed by atoms with van der Waals surface area (Å²) in [5, 5.41) is 28.7. The third-order valence-corrected chi connectivity index (χ3v) is 1.66. The first-order valence-corrected chi connectivity index (χ1v) is 4.03. The SMILES string of the molecule is O=C(O)CNC(=O)c1cccc(O)c1O. The van der Waals surface area contributed by atoms with Crippen LogP contribution < -0.4 is 5.32 Å². The van der Waals surface area contributed by atoms with Crippen molar-refractivity contribution in [3.05, 3.63) is 23.8 Å². The number of aliphatic carboxylic acids is 1. The first-order chi connectivity index (χ1) is 7.02. The zero-order valence-electron chi connectivity index (χ0n) is 7.60. The van der Waals surface area contributed by atoms with Crippen molar-refractivity contribution in [2.75, 3.05) is 6.54 Å². The van der Waals surface area contributed by atoms with Gasteiger partial charge in [-0.1, -0.05) is 6.07 Å². The molecule has 0 aliphatic carbocycles. The molecule has 1 amide bonds. The van der Waals surface area contributed by atoms with Gasteiger partial charge in [-0.3, -0.25) is 9.59 Å². The van der Waals surface area contributed by atoms with Crippen LogP contribution in [0.15, 0.2) is 18.2 Å². The molecule has 6 heteroatoms. The Morgan fingerprint density at radius 1 is 1.27 bits per heavy atom. The minimum absolute atomic E-state index is 0.170. The van der Waals surface area contributed by atoms with Gasteiger partial charge in [0, 0.05) is 0 Å². The number of rotatable bonds is 3. The molecular weight excluding hydrogens is 202 g/mol. The summed E-state index contributed by atoms with van der Waals surface area (Å²) >= 11 is 0. The predicted molar refractivity (Wildman–Crippen MR) is 49.7 cm³/mol. The predicted octanol–water partition coefficient (Wildman–Crippen LogP) is -0.0878. The summed E-state index contributed by atoms with van der Waals surface area (Å²) in [5.74, 6) is -2.95. The molecule has 1 aromatic carbocycles. The van der Waals surface area contributed by atoms with Gasteiger partial charge in [-0.05, 0) is 12.1 Å². The van der Waals surface area contributed by atoms with Crippen molar-refractivity contribution in [1.29, 1.82) is 0 Å². The van der Waals surface area contributed by atoms with Gasteiger partial charge in [0.05, 0.1) is 5.56 Å². The highest BCUT2D eigenvalue weighted by Crippen LogP contribution is 2.27. The number of phenolic OH excluding ortho intramolecular Hbond substituents is 2. The molecule has 0 atom stereocenters. The fraction of sp³-hybridized carbons (Fsp3) is 0.111. The van der Waals surface area contributed by atoms with E-state index in [0.717, 1.165) is 0 Å². The van der Waals surface area contributed by atoms with Crippen molar-refractivity contribution in [3.8, 4) is 11.5 Å². The molecule has 0 saturated heterocycles. The van der Waals surface area contributed by atoms with Gasteiger partial charge in [-0.15, -0.1) is 0 Å². The van der Waals surface area contributed by atoms with Gasteiger partial charge in [-0.25, -0.2) is 0 Å². The summed E-state index contributed by atoms with van der Waals surface area (Å²) in [4.78, 5) is 21.4. The second kappa shape index (κ2) is 4.32. The number of carbonyl (C=O) groups excluding carboxylic acids is 1. The van der Waals surface area contributed by atoms with Crippen LogP contribution in [0.3, 0.4) is 0 Å². The maximum Gasteiger partial charge on any atom is 0.322 e. The number of nitrogens with one attached hydrogen (secondary N) is 1. The van der Waals surface area contributed by atoms with Crippen LogP contribution in [0.1, 0.15) is 10.4 Å². The van der Waals surface area contributed by atoms with Crippen molar-refractivity contribution in [2.24, 2.45) is 0 Å². The third kappa shape index (κ3) is 2.60. The van der Waals surface area contributed by atoms with Gasteiger partial charge in [0.15, 0.2) is 11.5 Å². The topological polar surface area (TPSA) is 107 Å². The van der Waals surface area contributed by atoms with E-state index in [0.29, 0.717) is 0 Å². The number of amides is 1.